The summed E-state index contributed by atoms with van der Waals surface area (Å²) in [5, 5.41) is 2.93. The maximum absolute atomic E-state index is 12.5. The van der Waals surface area contributed by atoms with Gasteiger partial charge in [-0.15, -0.1) is 0 Å². The Morgan fingerprint density at radius 3 is 2.23 bits per heavy atom. The maximum atomic E-state index is 12.5. The molecule has 3 rings (SSSR count). The Morgan fingerprint density at radius 1 is 1.00 bits per heavy atom. The molecule has 0 spiro atoms. The SMILES string of the molecule is COc1ccc(C(=O)N2CCN(C(=O)NCCn3cccc3)CC2)cc1. The molecule has 0 radical (unpaired) electrons. The molecule has 0 aliphatic carbocycles. The molecule has 0 bridgehead atoms. The van der Waals surface area contributed by atoms with Crippen LogP contribution in [0.25, 0.3) is 0 Å². The van der Waals surface area contributed by atoms with Crippen LogP contribution in [0.3, 0.4) is 0 Å². The van der Waals surface area contributed by atoms with Gasteiger partial charge in [-0.1, -0.05) is 0 Å². The number of carbonyl (C=O) groups is 2. The molecule has 0 unspecified atom stereocenters. The molecule has 2 heterocycles. The first kappa shape index (κ1) is 17.8. The number of urea groups is 1. The van der Waals surface area contributed by atoms with E-state index in [-0.39, 0.29) is 11.9 Å². The fraction of sp³-hybridized carbons (Fsp3) is 0.368. The lowest BCUT2D eigenvalue weighted by Crippen LogP contribution is -2.53. The molecule has 1 aromatic heterocycles. The Labute approximate surface area is 153 Å². The van der Waals surface area contributed by atoms with Gasteiger partial charge in [-0.05, 0) is 36.4 Å². The predicted octanol–water partition coefficient (Wildman–Crippen LogP) is 1.66. The lowest BCUT2D eigenvalue weighted by Gasteiger charge is -2.34. The molecule has 138 valence electrons. The Morgan fingerprint density at radius 2 is 1.62 bits per heavy atom. The number of methoxy groups -OCH3 is 1. The van der Waals surface area contributed by atoms with Crippen LogP contribution in [0.15, 0.2) is 48.8 Å². The van der Waals surface area contributed by atoms with Gasteiger partial charge in [-0.2, -0.15) is 0 Å². The summed E-state index contributed by atoms with van der Waals surface area (Å²) in [5.74, 6) is 0.711. The third-order valence-electron chi connectivity index (χ3n) is 4.50. The second-order valence-corrected chi connectivity index (χ2v) is 6.16. The van der Waals surface area contributed by atoms with Crippen molar-refractivity contribution in [1.82, 2.24) is 19.7 Å². The van der Waals surface area contributed by atoms with Gasteiger partial charge >= 0.3 is 6.03 Å². The number of amides is 3. The summed E-state index contributed by atoms with van der Waals surface area (Å²) in [4.78, 5) is 28.3. The second kappa shape index (κ2) is 8.42. The predicted molar refractivity (Wildman–Crippen MR) is 98.3 cm³/mol. The summed E-state index contributed by atoms with van der Waals surface area (Å²) < 4.78 is 7.13. The highest BCUT2D eigenvalue weighted by Crippen LogP contribution is 2.14. The molecule has 26 heavy (non-hydrogen) atoms. The fourth-order valence-electron chi connectivity index (χ4n) is 2.95. The zero-order chi connectivity index (χ0) is 18.4. The molecule has 7 nitrogen and oxygen atoms in total. The van der Waals surface area contributed by atoms with Crippen LogP contribution < -0.4 is 10.1 Å². The minimum atomic E-state index is -0.0753. The lowest BCUT2D eigenvalue weighted by atomic mass is 10.1. The maximum Gasteiger partial charge on any atom is 0.317 e. The number of aromatic nitrogens is 1. The third kappa shape index (κ3) is 4.36. The van der Waals surface area contributed by atoms with Crippen molar-refractivity contribution in [3.8, 4) is 5.75 Å². The Bertz CT molecular complexity index is 720. The summed E-state index contributed by atoms with van der Waals surface area (Å²) in [7, 11) is 1.60. The third-order valence-corrected chi connectivity index (χ3v) is 4.50. The van der Waals surface area contributed by atoms with Crippen molar-refractivity contribution in [1.29, 1.82) is 0 Å². The first-order chi connectivity index (χ1) is 12.7. The normalized spacial score (nSPS) is 14.2. The van der Waals surface area contributed by atoms with E-state index in [1.807, 2.05) is 29.1 Å². The smallest absolute Gasteiger partial charge is 0.317 e. The van der Waals surface area contributed by atoms with E-state index in [1.54, 1.807) is 41.2 Å². The highest BCUT2D eigenvalue weighted by atomic mass is 16.5. The van der Waals surface area contributed by atoms with Crippen LogP contribution >= 0.6 is 0 Å². The van der Waals surface area contributed by atoms with E-state index in [2.05, 4.69) is 5.32 Å². The summed E-state index contributed by atoms with van der Waals surface area (Å²) in [6.07, 6.45) is 3.94. The van der Waals surface area contributed by atoms with Crippen LogP contribution in [-0.4, -0.2) is 66.1 Å². The average Bonchev–Trinajstić information content (AvgIpc) is 3.21. The molecule has 0 atom stereocenters. The summed E-state index contributed by atoms with van der Waals surface area (Å²) >= 11 is 0. The van der Waals surface area contributed by atoms with E-state index in [4.69, 9.17) is 4.74 Å². The van der Waals surface area contributed by atoms with Crippen LogP contribution in [0, 0.1) is 0 Å². The highest BCUT2D eigenvalue weighted by molar-refractivity contribution is 5.94. The average molecular weight is 356 g/mol. The molecule has 1 aliphatic heterocycles. The lowest BCUT2D eigenvalue weighted by molar-refractivity contribution is 0.0665. The van der Waals surface area contributed by atoms with E-state index >= 15 is 0 Å². The molecule has 7 heteroatoms. The van der Waals surface area contributed by atoms with Gasteiger partial charge in [0.25, 0.3) is 5.91 Å². The fourth-order valence-corrected chi connectivity index (χ4v) is 2.95. The standard InChI is InChI=1S/C19H24N4O3/c1-26-17-6-4-16(5-7-17)18(24)22-12-14-23(15-13-22)19(25)20-8-11-21-9-2-3-10-21/h2-7,9-10H,8,11-15H2,1H3,(H,20,25). The number of piperazine rings is 1. The molecule has 2 aromatic rings. The molecule has 1 N–H and O–H groups in total. The van der Waals surface area contributed by atoms with Crippen LogP contribution in [-0.2, 0) is 6.54 Å². The first-order valence-corrected chi connectivity index (χ1v) is 8.74. The van der Waals surface area contributed by atoms with Crippen LogP contribution in [0.4, 0.5) is 4.79 Å². The van der Waals surface area contributed by atoms with E-state index in [0.29, 0.717) is 38.3 Å². The van der Waals surface area contributed by atoms with Crippen molar-refractivity contribution in [2.75, 3.05) is 39.8 Å². The van der Waals surface area contributed by atoms with Crippen LogP contribution in [0.1, 0.15) is 10.4 Å². The number of nitrogens with one attached hydrogen (secondary N) is 1. The summed E-state index contributed by atoms with van der Waals surface area (Å²) in [6.45, 7) is 3.48. The molecular formula is C19H24N4O3. The first-order valence-electron chi connectivity index (χ1n) is 8.74. The number of hydrogen-bond donors (Lipinski definition) is 1. The number of ether oxygens (including phenoxy) is 1. The second-order valence-electron chi connectivity index (χ2n) is 6.16. The van der Waals surface area contributed by atoms with Gasteiger partial charge < -0.3 is 24.4 Å². The molecule has 3 amide bonds. The minimum absolute atomic E-state index is 0.0136. The summed E-state index contributed by atoms with van der Waals surface area (Å²) in [5.41, 5.74) is 0.635. The van der Waals surface area contributed by atoms with Gasteiger partial charge in [0.05, 0.1) is 7.11 Å². The van der Waals surface area contributed by atoms with Crippen LogP contribution in [0.2, 0.25) is 0 Å². The Kier molecular flexibility index (Phi) is 5.78. The minimum Gasteiger partial charge on any atom is -0.497 e. The van der Waals surface area contributed by atoms with Gasteiger partial charge in [0.1, 0.15) is 5.75 Å². The molecule has 0 saturated carbocycles. The Hall–Kier alpha value is -2.96. The highest BCUT2D eigenvalue weighted by Gasteiger charge is 2.24. The monoisotopic (exact) mass is 356 g/mol. The van der Waals surface area contributed by atoms with Gasteiger partial charge in [-0.25, -0.2) is 4.79 Å². The molecule has 1 aliphatic rings. The zero-order valence-corrected chi connectivity index (χ0v) is 14.9. The molecule has 1 saturated heterocycles. The summed E-state index contributed by atoms with van der Waals surface area (Å²) in [6, 6.07) is 10.9. The van der Waals surface area contributed by atoms with Gasteiger partial charge in [0.15, 0.2) is 0 Å². The number of hydrogen-bond acceptors (Lipinski definition) is 3. The van der Waals surface area contributed by atoms with Gasteiger partial charge in [0, 0.05) is 57.2 Å². The van der Waals surface area contributed by atoms with E-state index in [1.165, 1.54) is 0 Å². The van der Waals surface area contributed by atoms with E-state index < -0.39 is 0 Å². The number of carbonyl (C=O) groups excluding carboxylic acids is 2. The quantitative estimate of drug-likeness (QED) is 0.886. The van der Waals surface area contributed by atoms with E-state index in [9.17, 15) is 9.59 Å². The number of rotatable bonds is 5. The van der Waals surface area contributed by atoms with E-state index in [0.717, 1.165) is 12.3 Å². The van der Waals surface area contributed by atoms with Gasteiger partial charge in [-0.3, -0.25) is 4.79 Å². The molecular weight excluding hydrogens is 332 g/mol. The van der Waals surface area contributed by atoms with Crippen molar-refractivity contribution in [2.24, 2.45) is 0 Å². The number of nitrogens with zero attached hydrogens (tertiary/aromatic N) is 3. The molecule has 1 aromatic carbocycles. The van der Waals surface area contributed by atoms with Crippen molar-refractivity contribution in [3.63, 3.8) is 0 Å². The van der Waals surface area contributed by atoms with Crippen molar-refractivity contribution in [3.05, 3.63) is 54.4 Å². The molecule has 1 fully saturated rings. The Balaban J connectivity index is 1.44. The van der Waals surface area contributed by atoms with Gasteiger partial charge in [0.2, 0.25) is 0 Å². The number of benzene rings is 1. The topological polar surface area (TPSA) is 66.8 Å². The van der Waals surface area contributed by atoms with Crippen molar-refractivity contribution in [2.45, 2.75) is 6.54 Å². The zero-order valence-electron chi connectivity index (χ0n) is 14.9. The van der Waals surface area contributed by atoms with Crippen molar-refractivity contribution >= 4 is 11.9 Å². The largest absolute Gasteiger partial charge is 0.497 e. The van der Waals surface area contributed by atoms with Crippen molar-refractivity contribution < 1.29 is 14.3 Å². The van der Waals surface area contributed by atoms with Crippen LogP contribution in [0.5, 0.6) is 5.75 Å².